The van der Waals surface area contributed by atoms with E-state index in [-0.39, 0.29) is 0 Å². The van der Waals surface area contributed by atoms with Gasteiger partial charge in [-0.3, -0.25) is 0 Å². The van der Waals surface area contributed by atoms with Gasteiger partial charge in [-0.25, -0.2) is 4.79 Å². The highest BCUT2D eigenvalue weighted by Gasteiger charge is 2.19. The SMILES string of the molecule is Cc1ccc(N2CCCCC2)c(N2C=CC(C(=O)O)=CC2)c1. The van der Waals surface area contributed by atoms with Gasteiger partial charge in [0.05, 0.1) is 16.9 Å². The summed E-state index contributed by atoms with van der Waals surface area (Å²) in [5, 5.41) is 9.05. The molecule has 0 aliphatic carbocycles. The summed E-state index contributed by atoms with van der Waals surface area (Å²) in [5.74, 6) is -0.864. The Morgan fingerprint density at radius 2 is 1.91 bits per heavy atom. The van der Waals surface area contributed by atoms with Gasteiger partial charge in [0, 0.05) is 25.8 Å². The van der Waals surface area contributed by atoms with Crippen LogP contribution < -0.4 is 9.80 Å². The topological polar surface area (TPSA) is 43.8 Å². The van der Waals surface area contributed by atoms with Gasteiger partial charge in [0.1, 0.15) is 0 Å². The van der Waals surface area contributed by atoms with Crippen LogP contribution in [0.5, 0.6) is 0 Å². The largest absolute Gasteiger partial charge is 0.478 e. The maximum Gasteiger partial charge on any atom is 0.335 e. The number of hydrogen-bond acceptors (Lipinski definition) is 3. The zero-order chi connectivity index (χ0) is 15.5. The maximum absolute atomic E-state index is 11.0. The van der Waals surface area contributed by atoms with E-state index < -0.39 is 5.97 Å². The van der Waals surface area contributed by atoms with Crippen LogP contribution >= 0.6 is 0 Å². The van der Waals surface area contributed by atoms with Gasteiger partial charge in [0.25, 0.3) is 0 Å². The maximum atomic E-state index is 11.0. The number of carbonyl (C=O) groups is 1. The molecule has 3 rings (SSSR count). The Morgan fingerprint density at radius 3 is 2.55 bits per heavy atom. The van der Waals surface area contributed by atoms with Crippen LogP contribution in [0.25, 0.3) is 0 Å². The third-order valence-corrected chi connectivity index (χ3v) is 4.33. The van der Waals surface area contributed by atoms with Crippen LogP contribution in [-0.2, 0) is 4.79 Å². The molecule has 0 radical (unpaired) electrons. The second-order valence-corrected chi connectivity index (χ2v) is 5.97. The van der Waals surface area contributed by atoms with E-state index in [0.717, 1.165) is 13.1 Å². The minimum absolute atomic E-state index is 0.364. The van der Waals surface area contributed by atoms with Gasteiger partial charge in [-0.15, -0.1) is 0 Å². The number of rotatable bonds is 3. The summed E-state index contributed by atoms with van der Waals surface area (Å²) in [5.41, 5.74) is 4.00. The summed E-state index contributed by atoms with van der Waals surface area (Å²) in [6, 6.07) is 6.54. The first-order valence-corrected chi connectivity index (χ1v) is 7.89. The number of hydrogen-bond donors (Lipinski definition) is 1. The molecule has 0 aromatic heterocycles. The Morgan fingerprint density at radius 1 is 1.14 bits per heavy atom. The van der Waals surface area contributed by atoms with Gasteiger partial charge in [-0.1, -0.05) is 12.1 Å². The Labute approximate surface area is 131 Å². The first kappa shape index (κ1) is 14.7. The average Bonchev–Trinajstić information content (AvgIpc) is 2.55. The average molecular weight is 298 g/mol. The molecule has 1 aromatic carbocycles. The smallest absolute Gasteiger partial charge is 0.335 e. The molecule has 0 saturated carbocycles. The quantitative estimate of drug-likeness (QED) is 0.929. The number of carboxylic acids is 1. The zero-order valence-corrected chi connectivity index (χ0v) is 13.0. The number of aliphatic carboxylic acids is 1. The van der Waals surface area contributed by atoms with Crippen molar-refractivity contribution in [1.29, 1.82) is 0 Å². The van der Waals surface area contributed by atoms with Gasteiger partial charge in [0.2, 0.25) is 0 Å². The first-order chi connectivity index (χ1) is 10.6. The van der Waals surface area contributed by atoms with E-state index in [1.54, 1.807) is 12.2 Å². The van der Waals surface area contributed by atoms with Crippen LogP contribution in [0.1, 0.15) is 24.8 Å². The van der Waals surface area contributed by atoms with E-state index in [0.29, 0.717) is 12.1 Å². The van der Waals surface area contributed by atoms with Crippen LogP contribution in [0.3, 0.4) is 0 Å². The van der Waals surface area contributed by atoms with Crippen LogP contribution in [0.4, 0.5) is 11.4 Å². The van der Waals surface area contributed by atoms with Crippen LogP contribution in [0, 0.1) is 6.92 Å². The zero-order valence-electron chi connectivity index (χ0n) is 13.0. The molecule has 4 nitrogen and oxygen atoms in total. The Balaban J connectivity index is 1.88. The molecule has 1 aromatic rings. The number of carboxylic acid groups (broad SMARTS) is 1. The molecule has 2 aliphatic heterocycles. The Hall–Kier alpha value is -2.23. The third-order valence-electron chi connectivity index (χ3n) is 4.33. The molecule has 1 saturated heterocycles. The molecule has 0 unspecified atom stereocenters. The predicted molar refractivity (Wildman–Crippen MR) is 89.4 cm³/mol. The van der Waals surface area contributed by atoms with E-state index in [2.05, 4.69) is 34.9 Å². The van der Waals surface area contributed by atoms with Crippen molar-refractivity contribution < 1.29 is 9.90 Å². The minimum Gasteiger partial charge on any atom is -0.478 e. The van der Waals surface area contributed by atoms with Gasteiger partial charge in [-0.05, 0) is 50.0 Å². The molecule has 1 N–H and O–H groups in total. The highest BCUT2D eigenvalue weighted by atomic mass is 16.4. The van der Waals surface area contributed by atoms with Crippen LogP contribution in [-0.4, -0.2) is 30.7 Å². The molecule has 0 spiro atoms. The predicted octanol–water partition coefficient (Wildman–Crippen LogP) is 3.33. The van der Waals surface area contributed by atoms with Crippen molar-refractivity contribution in [2.75, 3.05) is 29.4 Å². The fourth-order valence-corrected chi connectivity index (χ4v) is 3.10. The minimum atomic E-state index is -0.864. The van der Waals surface area contributed by atoms with Crippen molar-refractivity contribution in [2.24, 2.45) is 0 Å². The van der Waals surface area contributed by atoms with Crippen LogP contribution in [0.15, 0.2) is 42.1 Å². The van der Waals surface area contributed by atoms with Crippen molar-refractivity contribution in [3.05, 3.63) is 47.7 Å². The van der Waals surface area contributed by atoms with E-state index in [1.807, 2.05) is 6.20 Å². The number of piperidine rings is 1. The van der Waals surface area contributed by atoms with Crippen molar-refractivity contribution in [1.82, 2.24) is 0 Å². The molecule has 2 aliphatic rings. The lowest BCUT2D eigenvalue weighted by atomic mass is 10.1. The lowest BCUT2D eigenvalue weighted by Gasteiger charge is -2.34. The lowest BCUT2D eigenvalue weighted by Crippen LogP contribution is -2.31. The first-order valence-electron chi connectivity index (χ1n) is 7.89. The highest BCUT2D eigenvalue weighted by molar-refractivity contribution is 5.90. The number of benzene rings is 1. The number of nitrogens with zero attached hydrogens (tertiary/aromatic N) is 2. The summed E-state index contributed by atoms with van der Waals surface area (Å²) in [6.45, 7) is 4.89. The van der Waals surface area contributed by atoms with Crippen molar-refractivity contribution in [3.63, 3.8) is 0 Å². The van der Waals surface area contributed by atoms with E-state index in [9.17, 15) is 4.79 Å². The van der Waals surface area contributed by atoms with E-state index in [1.165, 1.54) is 36.2 Å². The molecular weight excluding hydrogens is 276 g/mol. The summed E-state index contributed by atoms with van der Waals surface area (Å²) < 4.78 is 0. The highest BCUT2D eigenvalue weighted by Crippen LogP contribution is 2.33. The van der Waals surface area contributed by atoms with Crippen molar-refractivity contribution >= 4 is 17.3 Å². The second kappa shape index (κ2) is 6.26. The lowest BCUT2D eigenvalue weighted by molar-refractivity contribution is -0.132. The molecule has 0 bridgehead atoms. The van der Waals surface area contributed by atoms with E-state index >= 15 is 0 Å². The molecule has 0 amide bonds. The monoisotopic (exact) mass is 298 g/mol. The van der Waals surface area contributed by atoms with Crippen molar-refractivity contribution in [2.45, 2.75) is 26.2 Å². The molecule has 4 heteroatoms. The molecular formula is C18H22N2O2. The summed E-state index contributed by atoms with van der Waals surface area (Å²) in [7, 11) is 0. The molecule has 116 valence electrons. The van der Waals surface area contributed by atoms with Gasteiger partial charge in [0.15, 0.2) is 0 Å². The van der Waals surface area contributed by atoms with Gasteiger partial charge in [-0.2, -0.15) is 0 Å². The molecule has 1 fully saturated rings. The number of aryl methyl sites for hydroxylation is 1. The van der Waals surface area contributed by atoms with Gasteiger partial charge < -0.3 is 14.9 Å². The summed E-state index contributed by atoms with van der Waals surface area (Å²) in [4.78, 5) is 15.6. The molecule has 22 heavy (non-hydrogen) atoms. The second-order valence-electron chi connectivity index (χ2n) is 5.97. The van der Waals surface area contributed by atoms with Crippen LogP contribution in [0.2, 0.25) is 0 Å². The normalized spacial score (nSPS) is 18.3. The van der Waals surface area contributed by atoms with E-state index in [4.69, 9.17) is 5.11 Å². The Kier molecular flexibility index (Phi) is 4.18. The number of anilines is 2. The fraction of sp³-hybridized carbons (Fsp3) is 0.389. The summed E-state index contributed by atoms with van der Waals surface area (Å²) >= 11 is 0. The summed E-state index contributed by atoms with van der Waals surface area (Å²) in [6.07, 6.45) is 9.12. The third kappa shape index (κ3) is 3.01. The standard InChI is InChI=1S/C18H22N2O2/c1-14-5-6-16(19-9-3-2-4-10-19)17(13-14)20-11-7-15(8-12-20)18(21)22/h5-8,11,13H,2-4,9-10,12H2,1H3,(H,21,22). The molecule has 0 atom stereocenters. The Bertz CT molecular complexity index is 628. The fourth-order valence-electron chi connectivity index (χ4n) is 3.10. The van der Waals surface area contributed by atoms with Crippen molar-refractivity contribution in [3.8, 4) is 0 Å². The van der Waals surface area contributed by atoms with Gasteiger partial charge >= 0.3 is 5.97 Å². The molecule has 2 heterocycles.